The van der Waals surface area contributed by atoms with Crippen LogP contribution < -0.4 is 5.32 Å². The number of carboxylic acid groups (broad SMARTS) is 1. The van der Waals surface area contributed by atoms with E-state index in [1.54, 1.807) is 6.20 Å². The molecule has 1 heterocycles. The number of aromatic amines is 1. The summed E-state index contributed by atoms with van der Waals surface area (Å²) in [5, 5.41) is 20.1. The zero-order valence-electron chi connectivity index (χ0n) is 8.40. The topological polar surface area (TPSA) is 102 Å². The van der Waals surface area contributed by atoms with Gasteiger partial charge in [0.15, 0.2) is 6.04 Å². The molecule has 0 aliphatic heterocycles. The number of rotatable bonds is 4. The highest BCUT2D eigenvalue weighted by atomic mass is 79.9. The molecule has 0 aliphatic rings. The first-order chi connectivity index (χ1) is 7.41. The van der Waals surface area contributed by atoms with E-state index in [9.17, 15) is 9.59 Å². The van der Waals surface area contributed by atoms with Crippen molar-refractivity contribution in [2.75, 3.05) is 0 Å². The molecule has 1 amide bonds. The lowest BCUT2D eigenvalue weighted by Crippen LogP contribution is -2.47. The van der Waals surface area contributed by atoms with Crippen molar-refractivity contribution in [2.45, 2.75) is 19.1 Å². The normalized spacial score (nSPS) is 14.2. The van der Waals surface area contributed by atoms with E-state index >= 15 is 0 Å². The third-order valence-electron chi connectivity index (χ3n) is 1.93. The number of aliphatic carboxylic acids is 1. The van der Waals surface area contributed by atoms with Crippen LogP contribution >= 0.6 is 15.9 Å². The number of carboxylic acids is 1. The van der Waals surface area contributed by atoms with Gasteiger partial charge in [0.1, 0.15) is 5.69 Å². The first-order valence-corrected chi connectivity index (χ1v) is 5.26. The summed E-state index contributed by atoms with van der Waals surface area (Å²) in [6.07, 6.45) is 0.382. The van der Waals surface area contributed by atoms with E-state index in [1.807, 2.05) is 0 Å². The molecule has 1 aromatic heterocycles. The van der Waals surface area contributed by atoms with Crippen LogP contribution in [0.1, 0.15) is 17.4 Å². The molecule has 16 heavy (non-hydrogen) atoms. The Hall–Kier alpha value is -1.34. The van der Waals surface area contributed by atoms with Crippen molar-refractivity contribution in [1.29, 1.82) is 0 Å². The van der Waals surface area contributed by atoms with E-state index in [-0.39, 0.29) is 5.69 Å². The van der Waals surface area contributed by atoms with E-state index in [0.29, 0.717) is 4.47 Å². The van der Waals surface area contributed by atoms with Crippen molar-refractivity contribution >= 4 is 27.8 Å². The van der Waals surface area contributed by atoms with Gasteiger partial charge in [-0.05, 0) is 28.9 Å². The van der Waals surface area contributed by atoms with E-state index in [4.69, 9.17) is 10.2 Å². The highest BCUT2D eigenvalue weighted by Gasteiger charge is 2.25. The van der Waals surface area contributed by atoms with Crippen molar-refractivity contribution in [3.05, 3.63) is 22.4 Å². The first-order valence-electron chi connectivity index (χ1n) is 4.47. The second-order valence-electron chi connectivity index (χ2n) is 3.26. The number of aliphatic hydroxyl groups is 1. The van der Waals surface area contributed by atoms with Gasteiger partial charge in [0.05, 0.1) is 6.10 Å². The van der Waals surface area contributed by atoms with Gasteiger partial charge in [0, 0.05) is 10.7 Å². The molecule has 0 saturated carbocycles. The minimum atomic E-state index is -1.32. The zero-order chi connectivity index (χ0) is 12.3. The molecular formula is C9H11BrN2O4. The number of carbonyl (C=O) groups is 2. The summed E-state index contributed by atoms with van der Waals surface area (Å²) in [5.74, 6) is -1.87. The predicted octanol–water partition coefficient (Wildman–Crippen LogP) is 0.341. The molecule has 0 aliphatic carbocycles. The van der Waals surface area contributed by atoms with Crippen LogP contribution in [0, 0.1) is 0 Å². The number of hydrogen-bond donors (Lipinski definition) is 4. The van der Waals surface area contributed by atoms with Crippen molar-refractivity contribution in [3.8, 4) is 0 Å². The van der Waals surface area contributed by atoms with Crippen LogP contribution in [0.15, 0.2) is 16.7 Å². The van der Waals surface area contributed by atoms with Crippen LogP contribution in [-0.4, -0.2) is 39.2 Å². The summed E-state index contributed by atoms with van der Waals surface area (Å²) in [7, 11) is 0. The Morgan fingerprint density at radius 2 is 2.19 bits per heavy atom. The molecule has 0 saturated heterocycles. The fourth-order valence-electron chi connectivity index (χ4n) is 1.11. The van der Waals surface area contributed by atoms with E-state index in [0.717, 1.165) is 0 Å². The SMILES string of the molecule is CC(O)C(NC(=O)c1cc(Br)c[nH]1)C(=O)O. The van der Waals surface area contributed by atoms with Crippen molar-refractivity contribution < 1.29 is 19.8 Å². The van der Waals surface area contributed by atoms with Crippen LogP contribution in [0.3, 0.4) is 0 Å². The number of amides is 1. The monoisotopic (exact) mass is 290 g/mol. The molecule has 7 heteroatoms. The minimum Gasteiger partial charge on any atom is -0.480 e. The molecular weight excluding hydrogens is 280 g/mol. The Balaban J connectivity index is 2.73. The van der Waals surface area contributed by atoms with Gasteiger partial charge in [0.25, 0.3) is 5.91 Å². The maximum absolute atomic E-state index is 11.5. The van der Waals surface area contributed by atoms with Crippen molar-refractivity contribution in [2.24, 2.45) is 0 Å². The van der Waals surface area contributed by atoms with E-state index in [2.05, 4.69) is 26.2 Å². The van der Waals surface area contributed by atoms with Crippen molar-refractivity contribution in [3.63, 3.8) is 0 Å². The largest absolute Gasteiger partial charge is 0.480 e. The number of hydrogen-bond acceptors (Lipinski definition) is 3. The fourth-order valence-corrected chi connectivity index (χ4v) is 1.45. The van der Waals surface area contributed by atoms with Gasteiger partial charge in [-0.25, -0.2) is 4.79 Å². The first kappa shape index (κ1) is 12.7. The lowest BCUT2D eigenvalue weighted by atomic mass is 10.2. The average Bonchev–Trinajstić information content (AvgIpc) is 2.59. The van der Waals surface area contributed by atoms with Crippen LogP contribution in [-0.2, 0) is 4.79 Å². The van der Waals surface area contributed by atoms with Gasteiger partial charge in [-0.1, -0.05) is 0 Å². The lowest BCUT2D eigenvalue weighted by molar-refractivity contribution is -0.141. The quantitative estimate of drug-likeness (QED) is 0.642. The van der Waals surface area contributed by atoms with Gasteiger partial charge < -0.3 is 20.5 Å². The molecule has 4 N–H and O–H groups in total. The summed E-state index contributed by atoms with van der Waals surface area (Å²) >= 11 is 3.15. The number of aromatic nitrogens is 1. The number of H-pyrrole nitrogens is 1. The molecule has 0 fully saturated rings. The van der Waals surface area contributed by atoms with Crippen LogP contribution in [0.2, 0.25) is 0 Å². The van der Waals surface area contributed by atoms with Gasteiger partial charge in [-0.15, -0.1) is 0 Å². The van der Waals surface area contributed by atoms with Gasteiger partial charge >= 0.3 is 5.97 Å². The highest BCUT2D eigenvalue weighted by molar-refractivity contribution is 9.10. The fraction of sp³-hybridized carbons (Fsp3) is 0.333. The molecule has 0 radical (unpaired) electrons. The number of halogens is 1. The van der Waals surface area contributed by atoms with Crippen molar-refractivity contribution in [1.82, 2.24) is 10.3 Å². The van der Waals surface area contributed by atoms with Crippen LogP contribution in [0.5, 0.6) is 0 Å². The standard InChI is InChI=1S/C9H11BrN2O4/c1-4(13)7(9(15)16)12-8(14)6-2-5(10)3-11-6/h2-4,7,11,13H,1H3,(H,12,14)(H,15,16). The highest BCUT2D eigenvalue weighted by Crippen LogP contribution is 2.10. The third kappa shape index (κ3) is 3.07. The maximum atomic E-state index is 11.5. The second-order valence-corrected chi connectivity index (χ2v) is 4.18. The molecule has 0 bridgehead atoms. The molecule has 6 nitrogen and oxygen atoms in total. The minimum absolute atomic E-state index is 0.221. The number of nitrogens with one attached hydrogen (secondary N) is 2. The summed E-state index contributed by atoms with van der Waals surface area (Å²) in [4.78, 5) is 24.9. The lowest BCUT2D eigenvalue weighted by Gasteiger charge is -2.16. The van der Waals surface area contributed by atoms with E-state index < -0.39 is 24.0 Å². The Bertz CT molecular complexity index is 402. The molecule has 2 atom stereocenters. The predicted molar refractivity (Wildman–Crippen MR) is 59.1 cm³/mol. The summed E-state index contributed by atoms with van der Waals surface area (Å²) in [6.45, 7) is 1.30. The summed E-state index contributed by atoms with van der Waals surface area (Å²) in [6, 6.07) is 0.186. The Morgan fingerprint density at radius 3 is 2.56 bits per heavy atom. The van der Waals surface area contributed by atoms with Gasteiger partial charge in [-0.2, -0.15) is 0 Å². The van der Waals surface area contributed by atoms with Gasteiger partial charge in [0.2, 0.25) is 0 Å². The summed E-state index contributed by atoms with van der Waals surface area (Å²) in [5.41, 5.74) is 0.221. The molecule has 0 aromatic carbocycles. The number of aliphatic hydroxyl groups excluding tert-OH is 1. The molecule has 1 aromatic rings. The maximum Gasteiger partial charge on any atom is 0.328 e. The Morgan fingerprint density at radius 1 is 1.56 bits per heavy atom. The summed E-state index contributed by atoms with van der Waals surface area (Å²) < 4.78 is 0.682. The van der Waals surface area contributed by atoms with Gasteiger partial charge in [-0.3, -0.25) is 4.79 Å². The molecule has 1 rings (SSSR count). The molecule has 2 unspecified atom stereocenters. The zero-order valence-corrected chi connectivity index (χ0v) is 9.98. The average molecular weight is 291 g/mol. The second kappa shape index (κ2) is 5.13. The molecule has 0 spiro atoms. The third-order valence-corrected chi connectivity index (χ3v) is 2.39. The Kier molecular flexibility index (Phi) is 4.08. The smallest absolute Gasteiger partial charge is 0.328 e. The molecule has 88 valence electrons. The number of carbonyl (C=O) groups excluding carboxylic acids is 1. The van der Waals surface area contributed by atoms with Crippen LogP contribution in [0.25, 0.3) is 0 Å². The van der Waals surface area contributed by atoms with E-state index in [1.165, 1.54) is 13.0 Å². The Labute approximate surface area is 99.8 Å². The van der Waals surface area contributed by atoms with Crippen LogP contribution in [0.4, 0.5) is 0 Å².